The van der Waals surface area contributed by atoms with Crippen molar-refractivity contribution in [3.8, 4) is 0 Å². The van der Waals surface area contributed by atoms with Gasteiger partial charge in [-0.25, -0.2) is 4.39 Å². The molecule has 0 saturated carbocycles. The minimum absolute atomic E-state index is 0.0467. The van der Waals surface area contributed by atoms with Crippen LogP contribution in [0.25, 0.3) is 5.70 Å². The first-order valence-corrected chi connectivity index (χ1v) is 7.10. The van der Waals surface area contributed by atoms with Crippen LogP contribution in [-0.2, 0) is 0 Å². The lowest BCUT2D eigenvalue weighted by atomic mass is 9.99. The van der Waals surface area contributed by atoms with Gasteiger partial charge in [-0.3, -0.25) is 5.41 Å². The van der Waals surface area contributed by atoms with Crippen molar-refractivity contribution in [1.82, 2.24) is 0 Å². The summed E-state index contributed by atoms with van der Waals surface area (Å²) >= 11 is 6.31. The molecule has 0 aliphatic carbocycles. The third-order valence-electron chi connectivity index (χ3n) is 3.19. The first-order chi connectivity index (χ1) is 10.9. The normalized spacial score (nSPS) is 11.6. The zero-order chi connectivity index (χ0) is 17.0. The van der Waals surface area contributed by atoms with Gasteiger partial charge in [-0.15, -0.1) is 0 Å². The largest absolute Gasteiger partial charge is 0.397 e. The highest BCUT2D eigenvalue weighted by Gasteiger charge is 2.18. The highest BCUT2D eigenvalue weighted by Crippen LogP contribution is 2.26. The fraction of sp³-hybridized carbons (Fsp3) is 0. The van der Waals surface area contributed by atoms with E-state index in [0.29, 0.717) is 11.1 Å². The molecule has 0 spiro atoms. The maximum absolute atomic E-state index is 13.4. The molecule has 118 valence electrons. The number of nitrogens with one attached hydrogen (secondary N) is 1. The molecular formula is C17H16ClFN4. The van der Waals surface area contributed by atoms with Crippen molar-refractivity contribution in [2.45, 2.75) is 0 Å². The SMILES string of the molecule is N=C(C(=C(N)N)/C(Cl)=C(\N)c1ccccc1)c1cccc(F)c1. The summed E-state index contributed by atoms with van der Waals surface area (Å²) < 4.78 is 13.4. The summed E-state index contributed by atoms with van der Waals surface area (Å²) in [4.78, 5) is 0. The quantitative estimate of drug-likeness (QED) is 0.512. The van der Waals surface area contributed by atoms with Crippen molar-refractivity contribution in [2.75, 3.05) is 0 Å². The van der Waals surface area contributed by atoms with Gasteiger partial charge in [0.2, 0.25) is 0 Å². The Morgan fingerprint density at radius 3 is 2.09 bits per heavy atom. The van der Waals surface area contributed by atoms with Crippen molar-refractivity contribution >= 4 is 23.0 Å². The zero-order valence-corrected chi connectivity index (χ0v) is 12.9. The number of rotatable bonds is 4. The molecule has 0 aliphatic heterocycles. The monoisotopic (exact) mass is 330 g/mol. The molecule has 23 heavy (non-hydrogen) atoms. The van der Waals surface area contributed by atoms with Crippen LogP contribution in [0.15, 0.2) is 71.0 Å². The predicted octanol–water partition coefficient (Wildman–Crippen LogP) is 2.89. The lowest BCUT2D eigenvalue weighted by Gasteiger charge is -2.13. The molecule has 6 heteroatoms. The fourth-order valence-corrected chi connectivity index (χ4v) is 2.36. The van der Waals surface area contributed by atoms with Crippen LogP contribution in [0.1, 0.15) is 11.1 Å². The first kappa shape index (κ1) is 16.6. The highest BCUT2D eigenvalue weighted by atomic mass is 35.5. The summed E-state index contributed by atoms with van der Waals surface area (Å²) in [6, 6.07) is 14.5. The van der Waals surface area contributed by atoms with Gasteiger partial charge in [0.1, 0.15) is 11.6 Å². The second-order valence-corrected chi connectivity index (χ2v) is 5.19. The minimum Gasteiger partial charge on any atom is -0.397 e. The van der Waals surface area contributed by atoms with Crippen molar-refractivity contribution < 1.29 is 4.39 Å². The highest BCUT2D eigenvalue weighted by molar-refractivity contribution is 6.39. The molecule has 0 bridgehead atoms. The van der Waals surface area contributed by atoms with Crippen molar-refractivity contribution in [3.63, 3.8) is 0 Å². The van der Waals surface area contributed by atoms with Gasteiger partial charge in [-0.2, -0.15) is 0 Å². The van der Waals surface area contributed by atoms with E-state index in [1.807, 2.05) is 6.07 Å². The van der Waals surface area contributed by atoms with Crippen molar-refractivity contribution in [3.05, 3.63) is 88.0 Å². The summed E-state index contributed by atoms with van der Waals surface area (Å²) in [6.45, 7) is 0. The van der Waals surface area contributed by atoms with E-state index in [-0.39, 0.29) is 27.8 Å². The number of hydrogen-bond acceptors (Lipinski definition) is 4. The lowest BCUT2D eigenvalue weighted by molar-refractivity contribution is 0.627. The number of allylic oxidation sites excluding steroid dienone is 2. The molecule has 0 unspecified atom stereocenters. The van der Waals surface area contributed by atoms with Crippen LogP contribution in [0, 0.1) is 11.2 Å². The molecule has 2 rings (SSSR count). The number of hydrogen-bond donors (Lipinski definition) is 4. The van der Waals surface area contributed by atoms with E-state index in [0.717, 1.165) is 0 Å². The van der Waals surface area contributed by atoms with Crippen molar-refractivity contribution in [2.24, 2.45) is 17.2 Å². The summed E-state index contributed by atoms with van der Waals surface area (Å²) in [5, 5.41) is 8.29. The molecule has 4 nitrogen and oxygen atoms in total. The summed E-state index contributed by atoms with van der Waals surface area (Å²) in [5.41, 5.74) is 18.6. The van der Waals surface area contributed by atoms with E-state index in [1.165, 1.54) is 18.2 Å². The fourth-order valence-electron chi connectivity index (χ4n) is 2.05. The van der Waals surface area contributed by atoms with Gasteiger partial charge in [-0.1, -0.05) is 54.1 Å². The average Bonchev–Trinajstić information content (AvgIpc) is 2.54. The summed E-state index contributed by atoms with van der Waals surface area (Å²) in [5.74, 6) is -0.638. The maximum atomic E-state index is 13.4. The van der Waals surface area contributed by atoms with Gasteiger partial charge >= 0.3 is 0 Å². The molecule has 0 saturated heterocycles. The molecule has 2 aromatic carbocycles. The third-order valence-corrected chi connectivity index (χ3v) is 3.59. The van der Waals surface area contributed by atoms with Crippen LogP contribution < -0.4 is 17.2 Å². The topological polar surface area (TPSA) is 102 Å². The smallest absolute Gasteiger partial charge is 0.123 e. The number of benzene rings is 2. The Kier molecular flexibility index (Phi) is 5.03. The van der Waals surface area contributed by atoms with E-state index in [9.17, 15) is 4.39 Å². The van der Waals surface area contributed by atoms with Gasteiger partial charge in [-0.05, 0) is 17.7 Å². The van der Waals surface area contributed by atoms with Crippen LogP contribution in [0.2, 0.25) is 0 Å². The second-order valence-electron chi connectivity index (χ2n) is 4.81. The van der Waals surface area contributed by atoms with E-state index >= 15 is 0 Å². The molecule has 0 aliphatic rings. The Morgan fingerprint density at radius 1 is 0.913 bits per heavy atom. The van der Waals surface area contributed by atoms with Crippen LogP contribution in [0.5, 0.6) is 0 Å². The number of nitrogens with two attached hydrogens (primary N) is 3. The molecule has 0 amide bonds. The van der Waals surface area contributed by atoms with Crippen LogP contribution in [0.3, 0.4) is 0 Å². The molecular weight excluding hydrogens is 315 g/mol. The average molecular weight is 331 g/mol. The number of halogens is 2. The van der Waals surface area contributed by atoms with Gasteiger partial charge in [0.15, 0.2) is 0 Å². The second kappa shape index (κ2) is 6.98. The van der Waals surface area contributed by atoms with E-state index in [4.69, 9.17) is 34.2 Å². The Morgan fingerprint density at radius 2 is 1.52 bits per heavy atom. The van der Waals surface area contributed by atoms with E-state index in [2.05, 4.69) is 0 Å². The van der Waals surface area contributed by atoms with Crippen LogP contribution in [-0.4, -0.2) is 5.71 Å². The Bertz CT molecular complexity index is 793. The minimum atomic E-state index is -0.474. The maximum Gasteiger partial charge on any atom is 0.123 e. The Hall–Kier alpha value is -2.79. The van der Waals surface area contributed by atoms with Gasteiger partial charge < -0.3 is 17.2 Å². The standard InChI is InChI=1S/C17H16ClFN4/c18-14(16(21)10-5-2-1-3-6-10)13(17(22)23)15(20)11-7-4-8-12(19)9-11/h1-9,20H,21-23H2/b16-14+,20-15?. The summed E-state index contributed by atoms with van der Waals surface area (Å²) in [7, 11) is 0. The Labute approximate surface area is 138 Å². The zero-order valence-electron chi connectivity index (χ0n) is 12.2. The van der Waals surface area contributed by atoms with Gasteiger partial charge in [0, 0.05) is 5.56 Å². The third kappa shape index (κ3) is 3.70. The molecule has 0 fully saturated rings. The molecule has 0 atom stereocenters. The first-order valence-electron chi connectivity index (χ1n) is 6.73. The van der Waals surface area contributed by atoms with Gasteiger partial charge in [0.05, 0.1) is 22.0 Å². The molecule has 0 heterocycles. The van der Waals surface area contributed by atoms with Crippen molar-refractivity contribution in [1.29, 1.82) is 5.41 Å². The van der Waals surface area contributed by atoms with E-state index in [1.54, 1.807) is 30.3 Å². The Balaban J connectivity index is 2.52. The van der Waals surface area contributed by atoms with E-state index < -0.39 is 5.82 Å². The molecule has 0 radical (unpaired) electrons. The summed E-state index contributed by atoms with van der Waals surface area (Å²) in [6.07, 6.45) is 0. The predicted molar refractivity (Wildman–Crippen MR) is 92.0 cm³/mol. The molecule has 7 N–H and O–H groups in total. The molecule has 2 aromatic rings. The van der Waals surface area contributed by atoms with Gasteiger partial charge in [0.25, 0.3) is 0 Å². The van der Waals surface area contributed by atoms with Crippen LogP contribution in [0.4, 0.5) is 4.39 Å². The van der Waals surface area contributed by atoms with Crippen LogP contribution >= 0.6 is 11.6 Å². The molecule has 0 aromatic heterocycles. The lowest BCUT2D eigenvalue weighted by Crippen LogP contribution is -2.19.